The number of hydrogen-bond acceptors (Lipinski definition) is 3. The van der Waals surface area contributed by atoms with Gasteiger partial charge < -0.3 is 0 Å². The summed E-state index contributed by atoms with van der Waals surface area (Å²) in [6, 6.07) is 0.553. The second-order valence-electron chi connectivity index (χ2n) is 4.87. The van der Waals surface area contributed by atoms with Crippen LogP contribution in [-0.2, 0) is 6.18 Å². The van der Waals surface area contributed by atoms with Gasteiger partial charge in [0.2, 0.25) is 0 Å². The molecule has 1 aliphatic heterocycles. The van der Waals surface area contributed by atoms with Crippen molar-refractivity contribution in [3.8, 4) is 0 Å². The van der Waals surface area contributed by atoms with Gasteiger partial charge in [0, 0.05) is 25.3 Å². The highest BCUT2D eigenvalue weighted by Gasteiger charge is 2.35. The Labute approximate surface area is 113 Å². The summed E-state index contributed by atoms with van der Waals surface area (Å²) in [7, 11) is 0. The van der Waals surface area contributed by atoms with E-state index in [1.807, 2.05) is 0 Å². The quantitative estimate of drug-likeness (QED) is 0.634. The Kier molecular flexibility index (Phi) is 4.08. The highest BCUT2D eigenvalue weighted by molar-refractivity contribution is 5.74. The molecule has 0 bridgehead atoms. The molecule has 0 spiro atoms. The first-order valence-corrected chi connectivity index (χ1v) is 6.23. The van der Waals surface area contributed by atoms with Crippen molar-refractivity contribution in [2.45, 2.75) is 31.7 Å². The Morgan fingerprint density at radius 2 is 2.20 bits per heavy atom. The van der Waals surface area contributed by atoms with Crippen molar-refractivity contribution < 1.29 is 22.4 Å². The Morgan fingerprint density at radius 3 is 2.70 bits per heavy atom. The lowest BCUT2D eigenvalue weighted by atomic mass is 10.1. The van der Waals surface area contributed by atoms with E-state index in [2.05, 4.69) is 4.98 Å². The topological polar surface area (TPSA) is 33.2 Å². The minimum atomic E-state index is -4.63. The van der Waals surface area contributed by atoms with Crippen LogP contribution in [0.5, 0.6) is 0 Å². The number of aldehydes is 1. The van der Waals surface area contributed by atoms with Crippen LogP contribution in [-0.4, -0.2) is 35.4 Å². The fourth-order valence-electron chi connectivity index (χ4n) is 2.35. The van der Waals surface area contributed by atoms with Gasteiger partial charge in [0.05, 0.1) is 5.56 Å². The zero-order valence-electron chi connectivity index (χ0n) is 10.8. The van der Waals surface area contributed by atoms with Crippen molar-refractivity contribution in [1.82, 2.24) is 9.88 Å². The molecule has 1 aliphatic rings. The van der Waals surface area contributed by atoms with E-state index < -0.39 is 23.6 Å². The molecule has 0 aliphatic carbocycles. The monoisotopic (exact) mass is 290 g/mol. The Hall–Kier alpha value is -1.50. The van der Waals surface area contributed by atoms with E-state index >= 15 is 0 Å². The van der Waals surface area contributed by atoms with Gasteiger partial charge >= 0.3 is 6.18 Å². The van der Waals surface area contributed by atoms with Gasteiger partial charge in [-0.25, -0.2) is 4.39 Å². The lowest BCUT2D eigenvalue weighted by molar-refractivity contribution is -0.138. The molecule has 2 atom stereocenters. The zero-order chi connectivity index (χ0) is 14.9. The van der Waals surface area contributed by atoms with E-state index in [-0.39, 0.29) is 18.9 Å². The van der Waals surface area contributed by atoms with Gasteiger partial charge in [0.15, 0.2) is 6.29 Å². The molecule has 1 saturated heterocycles. The molecule has 0 saturated carbocycles. The second-order valence-corrected chi connectivity index (χ2v) is 4.87. The molecule has 7 heteroatoms. The van der Waals surface area contributed by atoms with Crippen molar-refractivity contribution in [1.29, 1.82) is 0 Å². The third-order valence-electron chi connectivity index (χ3n) is 3.55. The first-order chi connectivity index (χ1) is 9.32. The first kappa shape index (κ1) is 14.9. The van der Waals surface area contributed by atoms with Crippen molar-refractivity contribution in [3.05, 3.63) is 29.1 Å². The fourth-order valence-corrected chi connectivity index (χ4v) is 2.35. The van der Waals surface area contributed by atoms with Gasteiger partial charge in [0.1, 0.15) is 11.9 Å². The number of pyridine rings is 1. The number of aromatic nitrogens is 1. The lowest BCUT2D eigenvalue weighted by Crippen LogP contribution is -2.25. The molecule has 2 heterocycles. The maximum Gasteiger partial charge on any atom is 0.418 e. The van der Waals surface area contributed by atoms with Crippen LogP contribution < -0.4 is 0 Å². The van der Waals surface area contributed by atoms with Gasteiger partial charge in [-0.15, -0.1) is 0 Å². The van der Waals surface area contributed by atoms with Gasteiger partial charge in [-0.3, -0.25) is 14.7 Å². The Bertz CT molecular complexity index is 504. The second kappa shape index (κ2) is 5.47. The molecule has 1 aromatic heterocycles. The highest BCUT2D eigenvalue weighted by Crippen LogP contribution is 2.34. The highest BCUT2D eigenvalue weighted by atomic mass is 19.4. The number of hydrogen-bond donors (Lipinski definition) is 0. The number of likely N-dealkylation sites (tertiary alicyclic amines) is 1. The van der Waals surface area contributed by atoms with E-state index in [0.29, 0.717) is 18.5 Å². The van der Waals surface area contributed by atoms with E-state index in [9.17, 15) is 22.4 Å². The molecule has 20 heavy (non-hydrogen) atoms. The van der Waals surface area contributed by atoms with Gasteiger partial charge in [-0.05, 0) is 25.0 Å². The van der Waals surface area contributed by atoms with Crippen LogP contribution in [0.2, 0.25) is 0 Å². The summed E-state index contributed by atoms with van der Waals surface area (Å²) in [5.74, 6) is 0. The smallest absolute Gasteiger partial charge is 0.296 e. The number of rotatable bonds is 3. The fraction of sp³-hybridized carbons (Fsp3) is 0.538. The van der Waals surface area contributed by atoms with Crippen LogP contribution in [0.15, 0.2) is 12.3 Å². The molecular weight excluding hydrogens is 276 g/mol. The molecule has 110 valence electrons. The lowest BCUT2D eigenvalue weighted by Gasteiger charge is -2.24. The predicted molar refractivity (Wildman–Crippen MR) is 64.1 cm³/mol. The normalized spacial score (nSPS) is 21.9. The van der Waals surface area contributed by atoms with Crippen molar-refractivity contribution >= 4 is 6.29 Å². The molecule has 1 fully saturated rings. The third kappa shape index (κ3) is 2.98. The third-order valence-corrected chi connectivity index (χ3v) is 3.55. The largest absolute Gasteiger partial charge is 0.418 e. The van der Waals surface area contributed by atoms with Crippen molar-refractivity contribution in [2.24, 2.45) is 0 Å². The summed E-state index contributed by atoms with van der Waals surface area (Å²) in [5, 5.41) is 0. The molecule has 1 unspecified atom stereocenters. The number of carbonyl (C=O) groups is 1. The summed E-state index contributed by atoms with van der Waals surface area (Å²) in [6.45, 7) is 2.41. The summed E-state index contributed by atoms with van der Waals surface area (Å²) < 4.78 is 51.7. The van der Waals surface area contributed by atoms with Crippen LogP contribution in [0.3, 0.4) is 0 Å². The first-order valence-electron chi connectivity index (χ1n) is 6.23. The minimum absolute atomic E-state index is 0.0880. The minimum Gasteiger partial charge on any atom is -0.296 e. The van der Waals surface area contributed by atoms with E-state index in [4.69, 9.17) is 0 Å². The maximum atomic E-state index is 13.2. The van der Waals surface area contributed by atoms with Crippen molar-refractivity contribution in [3.63, 3.8) is 0 Å². The number of halogens is 4. The van der Waals surface area contributed by atoms with Crippen LogP contribution in [0.4, 0.5) is 17.6 Å². The van der Waals surface area contributed by atoms with Crippen molar-refractivity contribution in [2.75, 3.05) is 13.1 Å². The van der Waals surface area contributed by atoms with Gasteiger partial charge in [-0.1, -0.05) is 0 Å². The number of alkyl halides is 4. The van der Waals surface area contributed by atoms with Crippen LogP contribution in [0, 0.1) is 0 Å². The molecule has 0 radical (unpaired) electrons. The van der Waals surface area contributed by atoms with E-state index in [1.165, 1.54) is 6.20 Å². The van der Waals surface area contributed by atoms with E-state index in [1.54, 1.807) is 11.8 Å². The standard InChI is InChI=1S/C13H14F4N2O/c1-8(19-3-2-10(14)6-19)9-4-11(13(15,16)17)12(7-20)18-5-9/h4-5,7-8,10H,2-3,6H2,1H3/t8?,10-/m1/s1. The molecule has 1 aromatic rings. The van der Waals surface area contributed by atoms with Gasteiger partial charge in [-0.2, -0.15) is 13.2 Å². The summed E-state index contributed by atoms with van der Waals surface area (Å²) in [4.78, 5) is 16.0. The summed E-state index contributed by atoms with van der Waals surface area (Å²) >= 11 is 0. The average molecular weight is 290 g/mol. The average Bonchev–Trinajstić information content (AvgIpc) is 2.83. The molecule has 3 nitrogen and oxygen atoms in total. The predicted octanol–water partition coefficient (Wildman–Crippen LogP) is 3.02. The number of nitrogens with zero attached hydrogens (tertiary/aromatic N) is 2. The van der Waals surface area contributed by atoms with E-state index in [0.717, 1.165) is 6.07 Å². The van der Waals surface area contributed by atoms with Crippen LogP contribution in [0.25, 0.3) is 0 Å². The number of carbonyl (C=O) groups excluding carboxylic acids is 1. The summed E-state index contributed by atoms with van der Waals surface area (Å²) in [6.07, 6.45) is -3.86. The molecular formula is C13H14F4N2O. The van der Waals surface area contributed by atoms with Crippen LogP contribution >= 0.6 is 0 Å². The Morgan fingerprint density at radius 1 is 1.50 bits per heavy atom. The van der Waals surface area contributed by atoms with Crippen LogP contribution in [0.1, 0.15) is 41.0 Å². The van der Waals surface area contributed by atoms with Gasteiger partial charge in [0.25, 0.3) is 0 Å². The maximum absolute atomic E-state index is 13.2. The zero-order valence-corrected chi connectivity index (χ0v) is 10.8. The molecule has 0 aromatic carbocycles. The summed E-state index contributed by atoms with van der Waals surface area (Å²) in [5.41, 5.74) is -1.34. The Balaban J connectivity index is 2.31. The molecule has 0 amide bonds. The molecule has 0 N–H and O–H groups in total. The SMILES string of the molecule is CC(c1cnc(C=O)c(C(F)(F)F)c1)N1CC[C@@H](F)C1. The molecule has 2 rings (SSSR count).